The summed E-state index contributed by atoms with van der Waals surface area (Å²) in [6, 6.07) is 10.1. The van der Waals surface area contributed by atoms with Crippen molar-refractivity contribution in [2.75, 3.05) is 28.4 Å². The second kappa shape index (κ2) is 15.5. The molecule has 0 aliphatic heterocycles. The maximum Gasteiger partial charge on any atom is 0.348 e. The monoisotopic (exact) mass is 664 g/mol. The quantitative estimate of drug-likeness (QED) is 0.115. The van der Waals surface area contributed by atoms with E-state index in [0.717, 1.165) is 29.3 Å². The number of aromatic nitrogens is 7. The average molecular weight is 665 g/mol. The molecule has 0 spiro atoms. The van der Waals surface area contributed by atoms with Crippen LogP contribution >= 0.6 is 35.3 Å². The van der Waals surface area contributed by atoms with Crippen LogP contribution in [0.5, 0.6) is 23.0 Å². The molecule has 19 heteroatoms. The Hall–Kier alpha value is -4.88. The van der Waals surface area contributed by atoms with Gasteiger partial charge in [-0.1, -0.05) is 13.8 Å². The lowest BCUT2D eigenvalue weighted by atomic mass is 10.2. The molecule has 5 aromatic rings. The molecular formula is C25H28N8O8S3. The molecular weight excluding hydrogens is 637 g/mol. The highest BCUT2D eigenvalue weighted by Gasteiger charge is 2.20. The van der Waals surface area contributed by atoms with Crippen molar-refractivity contribution in [1.82, 2.24) is 34.5 Å². The number of methoxy groups -OCH3 is 4. The Kier molecular flexibility index (Phi) is 11.9. The lowest BCUT2D eigenvalue weighted by molar-refractivity contribution is -0.380. The molecule has 3 N–H and O–H groups in total. The molecule has 0 unspecified atom stereocenters. The highest BCUT2D eigenvalue weighted by Crippen LogP contribution is 2.35. The summed E-state index contributed by atoms with van der Waals surface area (Å²) in [5.74, 6) is 2.12. The molecule has 0 radical (unpaired) electrons. The summed E-state index contributed by atoms with van der Waals surface area (Å²) >= 11 is 6.94. The van der Waals surface area contributed by atoms with Gasteiger partial charge in [-0.3, -0.25) is 15.2 Å². The molecule has 16 nitrogen and oxygen atoms in total. The van der Waals surface area contributed by atoms with Crippen LogP contribution < -0.4 is 30.3 Å². The van der Waals surface area contributed by atoms with Crippen molar-refractivity contribution in [3.8, 4) is 34.4 Å². The van der Waals surface area contributed by atoms with Crippen LogP contribution in [-0.4, -0.2) is 67.9 Å². The first kappa shape index (κ1) is 33.6. The lowest BCUT2D eigenvalue weighted by Gasteiger charge is -2.11. The SMILES string of the molecule is CC.COc1ccc(OC)c(-n2c(=O)[nH][nH]c2=S)c1.COc1ccc(OC)c(-n2c(Sc3ncc([N+](=O)[O-])s3)n[nH]c2=O)c1. The number of H-pyrrole nitrogens is 3. The zero-order chi connectivity index (χ0) is 32.4. The molecule has 234 valence electrons. The third kappa shape index (κ3) is 7.54. The van der Waals surface area contributed by atoms with E-state index < -0.39 is 10.6 Å². The molecule has 5 rings (SSSR count). The molecule has 3 heterocycles. The fraction of sp³-hybridized carbons (Fsp3) is 0.240. The van der Waals surface area contributed by atoms with Gasteiger partial charge in [0.2, 0.25) is 9.93 Å². The smallest absolute Gasteiger partial charge is 0.348 e. The zero-order valence-electron chi connectivity index (χ0n) is 24.3. The Bertz CT molecular complexity index is 1860. The van der Waals surface area contributed by atoms with Crippen LogP contribution in [0, 0.1) is 14.9 Å². The minimum absolute atomic E-state index is 0.0918. The molecule has 2 aromatic carbocycles. The topological polar surface area (TPSA) is 197 Å². The van der Waals surface area contributed by atoms with Crippen LogP contribution in [0.3, 0.4) is 0 Å². The summed E-state index contributed by atoms with van der Waals surface area (Å²) in [7, 11) is 6.06. The Morgan fingerprint density at radius 1 is 0.886 bits per heavy atom. The summed E-state index contributed by atoms with van der Waals surface area (Å²) in [6.07, 6.45) is 1.16. The fourth-order valence-electron chi connectivity index (χ4n) is 3.50. The van der Waals surface area contributed by atoms with Crippen LogP contribution in [0.4, 0.5) is 5.00 Å². The van der Waals surface area contributed by atoms with E-state index in [1.807, 2.05) is 13.8 Å². The largest absolute Gasteiger partial charge is 0.497 e. The van der Waals surface area contributed by atoms with Gasteiger partial charge in [0, 0.05) is 12.1 Å². The van der Waals surface area contributed by atoms with Gasteiger partial charge in [-0.2, -0.15) is 0 Å². The van der Waals surface area contributed by atoms with E-state index in [9.17, 15) is 19.7 Å². The lowest BCUT2D eigenvalue weighted by Crippen LogP contribution is -2.16. The van der Waals surface area contributed by atoms with Crippen LogP contribution in [0.15, 0.2) is 61.7 Å². The van der Waals surface area contributed by atoms with E-state index >= 15 is 0 Å². The van der Waals surface area contributed by atoms with E-state index in [1.54, 1.807) is 43.5 Å². The molecule has 0 atom stereocenters. The number of rotatable bonds is 9. The molecule has 0 saturated heterocycles. The highest BCUT2D eigenvalue weighted by atomic mass is 32.2. The number of thiazole rings is 1. The predicted octanol–water partition coefficient (Wildman–Crippen LogP) is 4.36. The van der Waals surface area contributed by atoms with Gasteiger partial charge in [-0.15, -0.1) is 5.10 Å². The Labute approximate surface area is 262 Å². The van der Waals surface area contributed by atoms with Gasteiger partial charge in [-0.05, 0) is 59.6 Å². The molecule has 3 aromatic heterocycles. The normalized spacial score (nSPS) is 10.1. The molecule has 0 saturated carbocycles. The average Bonchev–Trinajstić information content (AvgIpc) is 3.76. The van der Waals surface area contributed by atoms with E-state index in [-0.39, 0.29) is 20.6 Å². The van der Waals surface area contributed by atoms with Gasteiger partial charge in [0.05, 0.1) is 44.7 Å². The first-order valence-electron chi connectivity index (χ1n) is 12.5. The predicted molar refractivity (Wildman–Crippen MR) is 166 cm³/mol. The van der Waals surface area contributed by atoms with Gasteiger partial charge in [0.25, 0.3) is 0 Å². The van der Waals surface area contributed by atoms with Crippen molar-refractivity contribution in [1.29, 1.82) is 0 Å². The number of ether oxygens (including phenoxy) is 4. The zero-order valence-corrected chi connectivity index (χ0v) is 26.7. The maximum atomic E-state index is 12.2. The number of nitro groups is 1. The second-order valence-electron chi connectivity index (χ2n) is 7.74. The second-order valence-corrected chi connectivity index (χ2v) is 10.4. The number of nitrogens with one attached hydrogen (secondary N) is 3. The number of aromatic amines is 3. The van der Waals surface area contributed by atoms with Gasteiger partial charge in [-0.25, -0.2) is 33.9 Å². The summed E-state index contributed by atoms with van der Waals surface area (Å²) in [5, 5.41) is 22.2. The number of nitrogens with zero attached hydrogens (tertiary/aromatic N) is 5. The third-order valence-electron chi connectivity index (χ3n) is 5.41. The van der Waals surface area contributed by atoms with Crippen LogP contribution in [0.2, 0.25) is 0 Å². The summed E-state index contributed by atoms with van der Waals surface area (Å²) < 4.78 is 24.0. The van der Waals surface area contributed by atoms with Crippen molar-refractivity contribution in [2.45, 2.75) is 23.3 Å². The first-order chi connectivity index (χ1) is 21.2. The van der Waals surface area contributed by atoms with Gasteiger partial charge < -0.3 is 18.9 Å². The summed E-state index contributed by atoms with van der Waals surface area (Å²) in [6.45, 7) is 4.00. The number of hydrogen-bond donors (Lipinski definition) is 3. The maximum absolute atomic E-state index is 12.2. The summed E-state index contributed by atoms with van der Waals surface area (Å²) in [5.41, 5.74) is 0.107. The van der Waals surface area contributed by atoms with Crippen molar-refractivity contribution in [3.63, 3.8) is 0 Å². The summed E-state index contributed by atoms with van der Waals surface area (Å²) in [4.78, 5) is 38.1. The van der Waals surface area contributed by atoms with Crippen LogP contribution in [0.25, 0.3) is 11.4 Å². The standard InChI is InChI=1S/C13H11N5O5S2.C10H11N3O3S.C2H6/c1-22-7-3-4-9(23-2)8(5-7)17-11(19)15-16-12(17)25-13-14-6-10(24-13)18(20)21;1-15-6-3-4-8(16-2)7(5-6)13-9(14)11-12-10(13)17;1-2/h3-6H,1-2H3,(H,15,19);3-5H,1-2H3,(H,11,14)(H,12,17);1-2H3. The first-order valence-corrected chi connectivity index (χ1v) is 14.5. The molecule has 0 aliphatic rings. The van der Waals surface area contributed by atoms with Gasteiger partial charge in [0.1, 0.15) is 29.2 Å². The van der Waals surface area contributed by atoms with Gasteiger partial charge in [0.15, 0.2) is 4.34 Å². The minimum Gasteiger partial charge on any atom is -0.497 e. The Morgan fingerprint density at radius 3 is 1.91 bits per heavy atom. The van der Waals surface area contributed by atoms with E-state index in [2.05, 4.69) is 25.4 Å². The Morgan fingerprint density at radius 2 is 1.45 bits per heavy atom. The molecule has 0 fully saturated rings. The Balaban J connectivity index is 0.000000243. The van der Waals surface area contributed by atoms with Crippen molar-refractivity contribution in [3.05, 3.63) is 78.4 Å². The number of benzene rings is 2. The van der Waals surface area contributed by atoms with Crippen LogP contribution in [0.1, 0.15) is 13.8 Å². The van der Waals surface area contributed by atoms with E-state index in [4.69, 9.17) is 31.2 Å². The fourth-order valence-corrected chi connectivity index (χ4v) is 5.46. The third-order valence-corrected chi connectivity index (χ3v) is 7.67. The van der Waals surface area contributed by atoms with Crippen molar-refractivity contribution in [2.24, 2.45) is 0 Å². The van der Waals surface area contributed by atoms with E-state index in [1.165, 1.54) is 30.5 Å². The van der Waals surface area contributed by atoms with Crippen molar-refractivity contribution >= 4 is 40.3 Å². The molecule has 0 aliphatic carbocycles. The highest BCUT2D eigenvalue weighted by molar-refractivity contribution is 8.01. The molecule has 44 heavy (non-hydrogen) atoms. The van der Waals surface area contributed by atoms with Crippen LogP contribution in [-0.2, 0) is 0 Å². The van der Waals surface area contributed by atoms with Gasteiger partial charge >= 0.3 is 16.4 Å². The minimum atomic E-state index is -0.523. The number of hydrogen-bond acceptors (Lipinski definition) is 13. The van der Waals surface area contributed by atoms with E-state index in [0.29, 0.717) is 38.7 Å². The molecule has 0 amide bonds. The van der Waals surface area contributed by atoms with Crippen molar-refractivity contribution < 1.29 is 23.9 Å². The molecule has 0 bridgehead atoms.